The fourth-order valence-corrected chi connectivity index (χ4v) is 2.06. The van der Waals surface area contributed by atoms with Crippen molar-refractivity contribution in [2.75, 3.05) is 20.2 Å². The zero-order valence-electron chi connectivity index (χ0n) is 10.2. The number of nitrogens with zero attached hydrogens (tertiary/aromatic N) is 2. The van der Waals surface area contributed by atoms with E-state index in [1.54, 1.807) is 25.3 Å². The second kappa shape index (κ2) is 7.04. The minimum Gasteiger partial charge on any atom is -0.494 e. The second-order valence-corrected chi connectivity index (χ2v) is 4.42. The van der Waals surface area contributed by atoms with Crippen molar-refractivity contribution in [2.24, 2.45) is 10.7 Å². The van der Waals surface area contributed by atoms with E-state index in [-0.39, 0.29) is 24.0 Å². The topological polar surface area (TPSA) is 50.9 Å². The summed E-state index contributed by atoms with van der Waals surface area (Å²) in [5.41, 5.74) is 6.63. The molecular weight excluding hydrogens is 365 g/mol. The van der Waals surface area contributed by atoms with Crippen LogP contribution in [0.2, 0.25) is 5.02 Å². The first kappa shape index (κ1) is 15.4. The van der Waals surface area contributed by atoms with Crippen LogP contribution in [0.5, 0.6) is 5.75 Å². The maximum atomic E-state index is 5.96. The average molecular weight is 382 g/mol. The fourth-order valence-electron chi connectivity index (χ4n) is 1.89. The van der Waals surface area contributed by atoms with Crippen LogP contribution in [0.1, 0.15) is 12.8 Å². The Balaban J connectivity index is 0.00000162. The summed E-state index contributed by atoms with van der Waals surface area (Å²) in [4.78, 5) is 6.45. The van der Waals surface area contributed by atoms with E-state index in [0.29, 0.717) is 22.4 Å². The summed E-state index contributed by atoms with van der Waals surface area (Å²) in [6, 6.07) is 5.31. The van der Waals surface area contributed by atoms with Gasteiger partial charge in [-0.15, -0.1) is 24.0 Å². The maximum absolute atomic E-state index is 5.96. The predicted molar refractivity (Wildman–Crippen MR) is 85.5 cm³/mol. The molecule has 1 heterocycles. The van der Waals surface area contributed by atoms with Crippen LogP contribution in [-0.4, -0.2) is 31.1 Å². The number of rotatable bonds is 2. The number of aliphatic imine (C=N–C) groups is 1. The first-order chi connectivity index (χ1) is 8.20. The molecule has 1 saturated heterocycles. The summed E-state index contributed by atoms with van der Waals surface area (Å²) in [5, 5.41) is 0.624. The van der Waals surface area contributed by atoms with Crippen LogP contribution < -0.4 is 10.5 Å². The van der Waals surface area contributed by atoms with E-state index in [1.807, 2.05) is 0 Å². The molecule has 0 atom stereocenters. The molecule has 0 aromatic heterocycles. The summed E-state index contributed by atoms with van der Waals surface area (Å²) in [6.07, 6.45) is 2.34. The summed E-state index contributed by atoms with van der Waals surface area (Å²) in [7, 11) is 1.61. The number of halogens is 2. The van der Waals surface area contributed by atoms with Crippen LogP contribution in [0.4, 0.5) is 5.69 Å². The largest absolute Gasteiger partial charge is 0.494 e. The van der Waals surface area contributed by atoms with Crippen molar-refractivity contribution in [3.63, 3.8) is 0 Å². The highest BCUT2D eigenvalue weighted by atomic mass is 127. The number of ether oxygens (including phenoxy) is 1. The van der Waals surface area contributed by atoms with Gasteiger partial charge < -0.3 is 15.4 Å². The Morgan fingerprint density at radius 3 is 2.67 bits per heavy atom. The van der Waals surface area contributed by atoms with Gasteiger partial charge in [-0.1, -0.05) is 11.6 Å². The van der Waals surface area contributed by atoms with E-state index in [9.17, 15) is 0 Å². The molecule has 100 valence electrons. The molecule has 0 spiro atoms. The van der Waals surface area contributed by atoms with Gasteiger partial charge in [-0.2, -0.15) is 0 Å². The third-order valence-electron chi connectivity index (χ3n) is 2.81. The SMILES string of the molecule is COc1ccc(Cl)cc1N=C(N)N1CCCC1.I. The van der Waals surface area contributed by atoms with Gasteiger partial charge in [-0.3, -0.25) is 0 Å². The average Bonchev–Trinajstić information content (AvgIpc) is 2.83. The van der Waals surface area contributed by atoms with E-state index in [2.05, 4.69) is 9.89 Å². The Labute approximate surface area is 129 Å². The second-order valence-electron chi connectivity index (χ2n) is 3.98. The molecule has 0 amide bonds. The Hall–Kier alpha value is -0.690. The van der Waals surface area contributed by atoms with Gasteiger partial charge in [-0.25, -0.2) is 4.99 Å². The van der Waals surface area contributed by atoms with E-state index in [4.69, 9.17) is 22.1 Å². The number of benzene rings is 1. The van der Waals surface area contributed by atoms with E-state index < -0.39 is 0 Å². The van der Waals surface area contributed by atoms with Gasteiger partial charge in [0.2, 0.25) is 0 Å². The number of hydrogen-bond acceptors (Lipinski definition) is 2. The lowest BCUT2D eigenvalue weighted by molar-refractivity contribution is 0.416. The lowest BCUT2D eigenvalue weighted by atomic mass is 10.3. The van der Waals surface area contributed by atoms with Crippen molar-refractivity contribution < 1.29 is 4.74 Å². The van der Waals surface area contributed by atoms with Gasteiger partial charge in [0.25, 0.3) is 0 Å². The van der Waals surface area contributed by atoms with Crippen LogP contribution in [0, 0.1) is 0 Å². The highest BCUT2D eigenvalue weighted by molar-refractivity contribution is 14.0. The molecule has 0 aliphatic carbocycles. The Morgan fingerprint density at radius 2 is 2.06 bits per heavy atom. The minimum atomic E-state index is 0. The van der Waals surface area contributed by atoms with Crippen molar-refractivity contribution in [3.8, 4) is 5.75 Å². The molecule has 1 aliphatic rings. The van der Waals surface area contributed by atoms with E-state index in [1.165, 1.54) is 12.8 Å². The monoisotopic (exact) mass is 381 g/mol. The van der Waals surface area contributed by atoms with Gasteiger partial charge in [0, 0.05) is 18.1 Å². The van der Waals surface area contributed by atoms with Gasteiger partial charge >= 0.3 is 0 Å². The van der Waals surface area contributed by atoms with E-state index >= 15 is 0 Å². The standard InChI is InChI=1S/C12H16ClN3O.HI/c1-17-11-5-4-9(13)8-10(11)15-12(14)16-6-2-3-7-16;/h4-5,8H,2-3,6-7H2,1H3,(H2,14,15);1H. The number of hydrogen-bond donors (Lipinski definition) is 1. The molecule has 1 aliphatic heterocycles. The molecule has 1 aromatic rings. The first-order valence-electron chi connectivity index (χ1n) is 5.63. The van der Waals surface area contributed by atoms with Crippen molar-refractivity contribution in [1.82, 2.24) is 4.90 Å². The van der Waals surface area contributed by atoms with Crippen LogP contribution in [-0.2, 0) is 0 Å². The molecule has 0 unspecified atom stereocenters. The molecule has 2 rings (SSSR count). The molecule has 2 N–H and O–H groups in total. The number of nitrogens with two attached hydrogens (primary N) is 1. The lowest BCUT2D eigenvalue weighted by Gasteiger charge is -2.16. The summed E-state index contributed by atoms with van der Waals surface area (Å²) in [6.45, 7) is 1.94. The molecule has 0 radical (unpaired) electrons. The van der Waals surface area contributed by atoms with Crippen molar-refractivity contribution >= 4 is 47.2 Å². The van der Waals surface area contributed by atoms with Crippen molar-refractivity contribution in [2.45, 2.75) is 12.8 Å². The van der Waals surface area contributed by atoms with Crippen LogP contribution in [0.25, 0.3) is 0 Å². The Bertz CT molecular complexity index is 433. The number of guanidine groups is 1. The quantitative estimate of drug-likeness (QED) is 0.487. The highest BCUT2D eigenvalue weighted by Crippen LogP contribution is 2.30. The molecule has 0 bridgehead atoms. The molecule has 1 fully saturated rings. The van der Waals surface area contributed by atoms with Crippen LogP contribution in [0.3, 0.4) is 0 Å². The Kier molecular flexibility index (Phi) is 6.01. The summed E-state index contributed by atoms with van der Waals surface area (Å²) in [5.74, 6) is 1.21. The van der Waals surface area contributed by atoms with E-state index in [0.717, 1.165) is 13.1 Å². The fraction of sp³-hybridized carbons (Fsp3) is 0.417. The van der Waals surface area contributed by atoms with Crippen LogP contribution >= 0.6 is 35.6 Å². The molecular formula is C12H17ClIN3O. The molecule has 6 heteroatoms. The molecule has 1 aromatic carbocycles. The van der Waals surface area contributed by atoms with Crippen molar-refractivity contribution in [3.05, 3.63) is 23.2 Å². The van der Waals surface area contributed by atoms with Gasteiger partial charge in [0.15, 0.2) is 5.96 Å². The maximum Gasteiger partial charge on any atom is 0.196 e. The lowest BCUT2D eigenvalue weighted by Crippen LogP contribution is -2.34. The third-order valence-corrected chi connectivity index (χ3v) is 3.04. The van der Waals surface area contributed by atoms with Gasteiger partial charge in [0.1, 0.15) is 11.4 Å². The van der Waals surface area contributed by atoms with Crippen LogP contribution in [0.15, 0.2) is 23.2 Å². The number of likely N-dealkylation sites (tertiary alicyclic amines) is 1. The summed E-state index contributed by atoms with van der Waals surface area (Å²) >= 11 is 5.94. The number of methoxy groups -OCH3 is 1. The molecule has 18 heavy (non-hydrogen) atoms. The Morgan fingerprint density at radius 1 is 1.39 bits per heavy atom. The molecule has 0 saturated carbocycles. The third kappa shape index (κ3) is 3.65. The van der Waals surface area contributed by atoms with Gasteiger partial charge in [0.05, 0.1) is 7.11 Å². The van der Waals surface area contributed by atoms with Gasteiger partial charge in [-0.05, 0) is 31.0 Å². The first-order valence-corrected chi connectivity index (χ1v) is 6.01. The smallest absolute Gasteiger partial charge is 0.196 e. The normalized spacial score (nSPS) is 15.4. The highest BCUT2D eigenvalue weighted by Gasteiger charge is 2.14. The predicted octanol–water partition coefficient (Wildman–Crippen LogP) is 3.01. The molecule has 4 nitrogen and oxygen atoms in total. The zero-order valence-corrected chi connectivity index (χ0v) is 13.3. The summed E-state index contributed by atoms with van der Waals surface area (Å²) < 4.78 is 5.22. The minimum absolute atomic E-state index is 0. The van der Waals surface area contributed by atoms with Crippen molar-refractivity contribution in [1.29, 1.82) is 0 Å². The zero-order chi connectivity index (χ0) is 12.3.